The van der Waals surface area contributed by atoms with E-state index in [1.54, 1.807) is 7.05 Å². The SMILES string of the molecule is CNNC(=O)Cc1ccc2c(c1)CCC(=O)N2. The predicted octanol–water partition coefficient (Wildman–Crippen LogP) is 0.364. The highest BCUT2D eigenvalue weighted by atomic mass is 16.2. The van der Waals surface area contributed by atoms with Crippen molar-refractivity contribution in [2.24, 2.45) is 0 Å². The molecule has 0 bridgehead atoms. The van der Waals surface area contributed by atoms with Gasteiger partial charge in [0.2, 0.25) is 11.8 Å². The third-order valence-electron chi connectivity index (χ3n) is 2.69. The lowest BCUT2D eigenvalue weighted by Crippen LogP contribution is -2.35. The van der Waals surface area contributed by atoms with E-state index in [-0.39, 0.29) is 11.8 Å². The average molecular weight is 233 g/mol. The summed E-state index contributed by atoms with van der Waals surface area (Å²) < 4.78 is 0. The van der Waals surface area contributed by atoms with Crippen LogP contribution in [-0.2, 0) is 22.4 Å². The Bertz CT molecular complexity index is 457. The van der Waals surface area contributed by atoms with Gasteiger partial charge < -0.3 is 5.32 Å². The van der Waals surface area contributed by atoms with Gasteiger partial charge in [-0.2, -0.15) is 0 Å². The summed E-state index contributed by atoms with van der Waals surface area (Å²) in [5.74, 6) is -0.0227. The van der Waals surface area contributed by atoms with E-state index < -0.39 is 0 Å². The van der Waals surface area contributed by atoms with Gasteiger partial charge in [-0.15, -0.1) is 0 Å². The van der Waals surface area contributed by atoms with E-state index >= 15 is 0 Å². The summed E-state index contributed by atoms with van der Waals surface area (Å²) in [5.41, 5.74) is 8.03. The van der Waals surface area contributed by atoms with Crippen LogP contribution in [0.1, 0.15) is 17.5 Å². The molecule has 1 aliphatic rings. The fraction of sp³-hybridized carbons (Fsp3) is 0.333. The average Bonchev–Trinajstić information content (AvgIpc) is 2.29. The lowest BCUT2D eigenvalue weighted by atomic mass is 9.99. The first-order valence-corrected chi connectivity index (χ1v) is 5.56. The number of hydrogen-bond donors (Lipinski definition) is 3. The number of hydrogen-bond acceptors (Lipinski definition) is 3. The van der Waals surface area contributed by atoms with Crippen molar-refractivity contribution in [2.45, 2.75) is 19.3 Å². The van der Waals surface area contributed by atoms with E-state index in [1.165, 1.54) is 0 Å². The zero-order chi connectivity index (χ0) is 12.3. The molecule has 17 heavy (non-hydrogen) atoms. The number of carbonyl (C=O) groups excluding carboxylic acids is 2. The maximum Gasteiger partial charge on any atom is 0.238 e. The summed E-state index contributed by atoms with van der Waals surface area (Å²) in [7, 11) is 1.65. The Hall–Kier alpha value is -1.88. The van der Waals surface area contributed by atoms with Gasteiger partial charge in [0, 0.05) is 19.2 Å². The molecule has 1 aromatic rings. The second-order valence-electron chi connectivity index (χ2n) is 4.01. The van der Waals surface area contributed by atoms with Crippen molar-refractivity contribution in [3.8, 4) is 0 Å². The van der Waals surface area contributed by atoms with E-state index in [4.69, 9.17) is 0 Å². The van der Waals surface area contributed by atoms with Crippen molar-refractivity contribution >= 4 is 17.5 Å². The molecule has 0 atom stereocenters. The lowest BCUT2D eigenvalue weighted by molar-refractivity contribution is -0.121. The summed E-state index contributed by atoms with van der Waals surface area (Å²) in [4.78, 5) is 22.6. The van der Waals surface area contributed by atoms with E-state index in [0.717, 1.165) is 23.2 Å². The molecule has 5 nitrogen and oxygen atoms in total. The molecule has 2 rings (SSSR count). The van der Waals surface area contributed by atoms with E-state index in [0.29, 0.717) is 12.8 Å². The molecule has 3 N–H and O–H groups in total. The van der Waals surface area contributed by atoms with Crippen LogP contribution in [0, 0.1) is 0 Å². The molecule has 1 heterocycles. The number of nitrogens with one attached hydrogen (secondary N) is 3. The number of hydrazine groups is 1. The molecular formula is C12H15N3O2. The quantitative estimate of drug-likeness (QED) is 0.660. The molecule has 1 aliphatic heterocycles. The minimum atomic E-state index is -0.0766. The molecule has 90 valence electrons. The topological polar surface area (TPSA) is 70.2 Å². The number of amides is 2. The fourth-order valence-corrected chi connectivity index (χ4v) is 1.92. The van der Waals surface area contributed by atoms with Gasteiger partial charge in [-0.05, 0) is 23.6 Å². The minimum Gasteiger partial charge on any atom is -0.326 e. The van der Waals surface area contributed by atoms with Crippen LogP contribution >= 0.6 is 0 Å². The molecule has 0 saturated carbocycles. The smallest absolute Gasteiger partial charge is 0.238 e. The second kappa shape index (κ2) is 4.97. The van der Waals surface area contributed by atoms with Crippen LogP contribution in [-0.4, -0.2) is 18.9 Å². The van der Waals surface area contributed by atoms with E-state index in [2.05, 4.69) is 16.2 Å². The first-order chi connectivity index (χ1) is 8.19. The third-order valence-corrected chi connectivity index (χ3v) is 2.69. The van der Waals surface area contributed by atoms with Gasteiger partial charge in [-0.1, -0.05) is 12.1 Å². The van der Waals surface area contributed by atoms with Gasteiger partial charge in [-0.25, -0.2) is 5.43 Å². The summed E-state index contributed by atoms with van der Waals surface area (Å²) in [6.45, 7) is 0. The highest BCUT2D eigenvalue weighted by Crippen LogP contribution is 2.23. The summed E-state index contributed by atoms with van der Waals surface area (Å²) in [6.07, 6.45) is 1.59. The minimum absolute atomic E-state index is 0.0539. The van der Waals surface area contributed by atoms with Gasteiger partial charge in [0.1, 0.15) is 0 Å². The fourth-order valence-electron chi connectivity index (χ4n) is 1.92. The van der Waals surface area contributed by atoms with Crippen LogP contribution in [0.15, 0.2) is 18.2 Å². The highest BCUT2D eigenvalue weighted by Gasteiger charge is 2.15. The standard InChI is InChI=1S/C12H15N3O2/c1-13-15-12(17)7-8-2-4-10-9(6-8)3-5-11(16)14-10/h2,4,6,13H,3,5,7H2,1H3,(H,14,16)(H,15,17). The number of anilines is 1. The molecule has 0 saturated heterocycles. The maximum absolute atomic E-state index is 11.4. The summed E-state index contributed by atoms with van der Waals surface area (Å²) >= 11 is 0. The molecule has 0 radical (unpaired) electrons. The molecule has 0 unspecified atom stereocenters. The Morgan fingerprint density at radius 3 is 3.00 bits per heavy atom. The predicted molar refractivity (Wildman–Crippen MR) is 64.3 cm³/mol. The maximum atomic E-state index is 11.4. The molecular weight excluding hydrogens is 218 g/mol. The van der Waals surface area contributed by atoms with E-state index in [1.807, 2.05) is 18.2 Å². The van der Waals surface area contributed by atoms with Gasteiger partial charge in [-0.3, -0.25) is 15.0 Å². The monoisotopic (exact) mass is 233 g/mol. The Kier molecular flexibility index (Phi) is 3.39. The number of fused-ring (bicyclic) bond motifs is 1. The van der Waals surface area contributed by atoms with Crippen LogP contribution in [0.4, 0.5) is 5.69 Å². The molecule has 2 amide bonds. The Balaban J connectivity index is 2.11. The number of aryl methyl sites for hydroxylation is 1. The van der Waals surface area contributed by atoms with Crippen LogP contribution in [0.5, 0.6) is 0 Å². The van der Waals surface area contributed by atoms with Gasteiger partial charge in [0.15, 0.2) is 0 Å². The van der Waals surface area contributed by atoms with Crippen molar-refractivity contribution in [2.75, 3.05) is 12.4 Å². The Labute approximate surface area is 99.6 Å². The lowest BCUT2D eigenvalue weighted by Gasteiger charge is -2.17. The summed E-state index contributed by atoms with van der Waals surface area (Å²) in [6, 6.07) is 5.69. The van der Waals surface area contributed by atoms with Crippen LogP contribution in [0.2, 0.25) is 0 Å². The van der Waals surface area contributed by atoms with Crippen molar-refractivity contribution in [3.05, 3.63) is 29.3 Å². The van der Waals surface area contributed by atoms with Crippen molar-refractivity contribution in [3.63, 3.8) is 0 Å². The normalized spacial score (nSPS) is 13.8. The molecule has 1 aromatic carbocycles. The first-order valence-electron chi connectivity index (χ1n) is 5.56. The molecule has 0 fully saturated rings. The van der Waals surface area contributed by atoms with Crippen molar-refractivity contribution < 1.29 is 9.59 Å². The highest BCUT2D eigenvalue weighted by molar-refractivity contribution is 5.94. The van der Waals surface area contributed by atoms with Crippen LogP contribution < -0.4 is 16.2 Å². The zero-order valence-corrected chi connectivity index (χ0v) is 9.67. The number of carbonyl (C=O) groups is 2. The number of benzene rings is 1. The Morgan fingerprint density at radius 2 is 2.24 bits per heavy atom. The largest absolute Gasteiger partial charge is 0.326 e. The third kappa shape index (κ3) is 2.82. The van der Waals surface area contributed by atoms with Crippen molar-refractivity contribution in [1.29, 1.82) is 0 Å². The van der Waals surface area contributed by atoms with Crippen LogP contribution in [0.3, 0.4) is 0 Å². The van der Waals surface area contributed by atoms with Gasteiger partial charge in [0.05, 0.1) is 6.42 Å². The molecule has 0 aromatic heterocycles. The number of rotatable bonds is 3. The second-order valence-corrected chi connectivity index (χ2v) is 4.01. The molecule has 5 heteroatoms. The van der Waals surface area contributed by atoms with Gasteiger partial charge >= 0.3 is 0 Å². The summed E-state index contributed by atoms with van der Waals surface area (Å²) in [5, 5.41) is 2.81. The first kappa shape index (κ1) is 11.6. The van der Waals surface area contributed by atoms with Crippen LogP contribution in [0.25, 0.3) is 0 Å². The Morgan fingerprint density at radius 1 is 1.41 bits per heavy atom. The van der Waals surface area contributed by atoms with Gasteiger partial charge in [0.25, 0.3) is 0 Å². The zero-order valence-electron chi connectivity index (χ0n) is 9.67. The molecule has 0 aliphatic carbocycles. The molecule has 0 spiro atoms. The van der Waals surface area contributed by atoms with E-state index in [9.17, 15) is 9.59 Å². The van der Waals surface area contributed by atoms with Crippen molar-refractivity contribution in [1.82, 2.24) is 10.9 Å².